The number of nitrogens with zero attached hydrogens (tertiary/aromatic N) is 3. The molecule has 1 aromatic heterocycles. The molecule has 0 radical (unpaired) electrons. The number of hydrogen-bond acceptors (Lipinski definition) is 3. The fraction of sp³-hybridized carbons (Fsp3) is 0.200. The molecule has 1 aliphatic rings. The van der Waals surface area contributed by atoms with Gasteiger partial charge in [0.2, 0.25) is 0 Å². The van der Waals surface area contributed by atoms with Crippen LogP contribution in [0.5, 0.6) is 0 Å². The first kappa shape index (κ1) is 13.8. The van der Waals surface area contributed by atoms with Crippen LogP contribution < -0.4 is 4.90 Å². The molecule has 112 valence electrons. The quantitative estimate of drug-likeness (QED) is 0.682. The number of aryl methyl sites for hydroxylation is 1. The van der Waals surface area contributed by atoms with Gasteiger partial charge in [-0.3, -0.25) is 4.98 Å². The van der Waals surface area contributed by atoms with Gasteiger partial charge in [0.05, 0.1) is 16.8 Å². The van der Waals surface area contributed by atoms with Gasteiger partial charge in [0.15, 0.2) is 0 Å². The fourth-order valence-corrected chi connectivity index (χ4v) is 3.40. The van der Waals surface area contributed by atoms with E-state index in [1.165, 1.54) is 16.7 Å². The first-order valence-electron chi connectivity index (χ1n) is 7.87. The molecule has 1 aliphatic heterocycles. The van der Waals surface area contributed by atoms with Gasteiger partial charge >= 0.3 is 0 Å². The lowest BCUT2D eigenvalue weighted by Crippen LogP contribution is -2.31. The number of hydrogen-bond donors (Lipinski definition) is 0. The van der Waals surface area contributed by atoms with Crippen molar-refractivity contribution in [2.24, 2.45) is 0 Å². The summed E-state index contributed by atoms with van der Waals surface area (Å²) in [7, 11) is 0. The maximum Gasteiger partial charge on any atom is 0.103 e. The van der Waals surface area contributed by atoms with Crippen molar-refractivity contribution in [2.45, 2.75) is 19.9 Å². The molecular formula is C20H17N3. The Bertz CT molecular complexity index is 937. The van der Waals surface area contributed by atoms with Gasteiger partial charge in [-0.25, -0.2) is 0 Å². The Balaban J connectivity index is 1.87. The molecule has 0 atom stereocenters. The summed E-state index contributed by atoms with van der Waals surface area (Å²) in [5.41, 5.74) is 6.58. The van der Waals surface area contributed by atoms with Gasteiger partial charge in [-0.05, 0) is 36.1 Å². The molecular weight excluding hydrogens is 282 g/mol. The summed E-state index contributed by atoms with van der Waals surface area (Å²) in [6, 6.07) is 17.1. The molecule has 3 nitrogen and oxygen atoms in total. The van der Waals surface area contributed by atoms with Crippen molar-refractivity contribution < 1.29 is 0 Å². The van der Waals surface area contributed by atoms with Crippen LogP contribution in [0.25, 0.3) is 10.9 Å². The highest BCUT2D eigenvalue weighted by Gasteiger charge is 2.21. The lowest BCUT2D eigenvalue weighted by Gasteiger charge is -2.32. The van der Waals surface area contributed by atoms with Crippen LogP contribution in [0.1, 0.15) is 22.3 Å². The summed E-state index contributed by atoms with van der Waals surface area (Å²) in [4.78, 5) is 6.78. The van der Waals surface area contributed by atoms with E-state index >= 15 is 0 Å². The summed E-state index contributed by atoms with van der Waals surface area (Å²) >= 11 is 0. The molecule has 4 rings (SSSR count). The van der Waals surface area contributed by atoms with E-state index < -0.39 is 0 Å². The molecule has 0 amide bonds. The smallest absolute Gasteiger partial charge is 0.103 e. The van der Waals surface area contributed by atoms with E-state index in [0.717, 1.165) is 36.1 Å². The first-order chi connectivity index (χ1) is 11.3. The number of anilines is 1. The van der Waals surface area contributed by atoms with Gasteiger partial charge in [0.1, 0.15) is 6.07 Å². The average molecular weight is 299 g/mol. The van der Waals surface area contributed by atoms with Crippen molar-refractivity contribution >= 4 is 16.6 Å². The molecule has 0 aliphatic carbocycles. The van der Waals surface area contributed by atoms with E-state index in [4.69, 9.17) is 0 Å². The van der Waals surface area contributed by atoms with Crippen molar-refractivity contribution in [1.82, 2.24) is 4.98 Å². The van der Waals surface area contributed by atoms with Crippen LogP contribution >= 0.6 is 0 Å². The molecule has 23 heavy (non-hydrogen) atoms. The highest BCUT2D eigenvalue weighted by atomic mass is 15.1. The molecule has 2 aromatic carbocycles. The summed E-state index contributed by atoms with van der Waals surface area (Å²) in [6.07, 6.45) is 2.72. The van der Waals surface area contributed by atoms with Crippen LogP contribution in [0, 0.1) is 18.3 Å². The first-order valence-corrected chi connectivity index (χ1v) is 7.87. The maximum absolute atomic E-state index is 9.54. The molecule has 0 bridgehead atoms. The number of fused-ring (bicyclic) bond motifs is 2. The average Bonchev–Trinajstić information content (AvgIpc) is 2.60. The number of benzene rings is 2. The van der Waals surface area contributed by atoms with E-state index in [1.807, 2.05) is 0 Å². The molecule has 2 heterocycles. The van der Waals surface area contributed by atoms with Crippen molar-refractivity contribution in [3.8, 4) is 6.07 Å². The van der Waals surface area contributed by atoms with E-state index in [0.29, 0.717) is 5.56 Å². The molecule has 0 fully saturated rings. The van der Waals surface area contributed by atoms with Gasteiger partial charge in [0.25, 0.3) is 0 Å². The van der Waals surface area contributed by atoms with E-state index in [2.05, 4.69) is 65.3 Å². The molecule has 0 unspecified atom stereocenters. The Morgan fingerprint density at radius 3 is 2.78 bits per heavy atom. The van der Waals surface area contributed by atoms with Gasteiger partial charge < -0.3 is 4.90 Å². The van der Waals surface area contributed by atoms with Gasteiger partial charge in [-0.2, -0.15) is 5.26 Å². The minimum atomic E-state index is 0.653. The Labute approximate surface area is 135 Å². The van der Waals surface area contributed by atoms with E-state index in [1.54, 1.807) is 6.20 Å². The summed E-state index contributed by atoms with van der Waals surface area (Å²) < 4.78 is 0. The second-order valence-electron chi connectivity index (χ2n) is 6.09. The molecule has 0 saturated carbocycles. The minimum absolute atomic E-state index is 0.653. The standard InChI is InChI=1S/C20H17N3/c1-14-6-7-18-19(10-14)22-12-17(11-21)20(18)23-9-8-15-4-2-3-5-16(15)13-23/h2-7,10,12H,8-9,13H2,1H3. The predicted octanol–water partition coefficient (Wildman–Crippen LogP) is 3.98. The fourth-order valence-electron chi connectivity index (χ4n) is 3.40. The Morgan fingerprint density at radius 2 is 1.96 bits per heavy atom. The lowest BCUT2D eigenvalue weighted by molar-refractivity contribution is 0.733. The maximum atomic E-state index is 9.54. The zero-order valence-corrected chi connectivity index (χ0v) is 13.1. The largest absolute Gasteiger partial charge is 0.365 e. The van der Waals surface area contributed by atoms with Crippen molar-refractivity contribution in [2.75, 3.05) is 11.4 Å². The highest BCUT2D eigenvalue weighted by molar-refractivity contribution is 5.94. The topological polar surface area (TPSA) is 39.9 Å². The lowest BCUT2D eigenvalue weighted by atomic mass is 9.98. The Morgan fingerprint density at radius 1 is 1.13 bits per heavy atom. The van der Waals surface area contributed by atoms with Gasteiger partial charge in [0, 0.05) is 24.7 Å². The third-order valence-corrected chi connectivity index (χ3v) is 4.56. The SMILES string of the molecule is Cc1ccc2c(N3CCc4ccccc4C3)c(C#N)cnc2c1. The number of aromatic nitrogens is 1. The number of pyridine rings is 1. The molecule has 3 heteroatoms. The van der Waals surface area contributed by atoms with Crippen LogP contribution in [-0.2, 0) is 13.0 Å². The van der Waals surface area contributed by atoms with Gasteiger partial charge in [-0.15, -0.1) is 0 Å². The normalized spacial score (nSPS) is 13.7. The summed E-state index contributed by atoms with van der Waals surface area (Å²) in [5.74, 6) is 0. The molecule has 0 spiro atoms. The van der Waals surface area contributed by atoms with Crippen LogP contribution in [-0.4, -0.2) is 11.5 Å². The van der Waals surface area contributed by atoms with Crippen molar-refractivity contribution in [3.05, 3.63) is 70.9 Å². The third kappa shape index (κ3) is 2.33. The molecule has 0 N–H and O–H groups in total. The number of rotatable bonds is 1. The van der Waals surface area contributed by atoms with Crippen LogP contribution in [0.3, 0.4) is 0 Å². The number of nitriles is 1. The summed E-state index contributed by atoms with van der Waals surface area (Å²) in [5, 5.41) is 10.6. The zero-order chi connectivity index (χ0) is 15.8. The van der Waals surface area contributed by atoms with Crippen molar-refractivity contribution in [1.29, 1.82) is 5.26 Å². The minimum Gasteiger partial charge on any atom is -0.365 e. The third-order valence-electron chi connectivity index (χ3n) is 4.56. The van der Waals surface area contributed by atoms with E-state index in [9.17, 15) is 5.26 Å². The molecule has 0 saturated heterocycles. The predicted molar refractivity (Wildman–Crippen MR) is 92.4 cm³/mol. The van der Waals surface area contributed by atoms with Crippen LogP contribution in [0.4, 0.5) is 5.69 Å². The van der Waals surface area contributed by atoms with E-state index in [-0.39, 0.29) is 0 Å². The molecule has 3 aromatic rings. The second kappa shape index (κ2) is 5.40. The Hall–Kier alpha value is -2.86. The van der Waals surface area contributed by atoms with Crippen LogP contribution in [0.15, 0.2) is 48.7 Å². The van der Waals surface area contributed by atoms with Crippen LogP contribution in [0.2, 0.25) is 0 Å². The van der Waals surface area contributed by atoms with Crippen molar-refractivity contribution in [3.63, 3.8) is 0 Å². The monoisotopic (exact) mass is 299 g/mol. The second-order valence-corrected chi connectivity index (χ2v) is 6.09. The summed E-state index contributed by atoms with van der Waals surface area (Å²) in [6.45, 7) is 3.84. The Kier molecular flexibility index (Phi) is 3.24. The zero-order valence-electron chi connectivity index (χ0n) is 13.1. The highest BCUT2D eigenvalue weighted by Crippen LogP contribution is 2.33. The van der Waals surface area contributed by atoms with Gasteiger partial charge in [-0.1, -0.05) is 36.4 Å².